The van der Waals surface area contributed by atoms with Gasteiger partial charge in [-0.05, 0) is 37.0 Å². The lowest BCUT2D eigenvalue weighted by molar-refractivity contribution is -0.137. The highest BCUT2D eigenvalue weighted by Gasteiger charge is 2.31. The fourth-order valence-electron chi connectivity index (χ4n) is 3.91. The Morgan fingerprint density at radius 1 is 1.08 bits per heavy atom. The molecule has 2 fully saturated rings. The van der Waals surface area contributed by atoms with Crippen LogP contribution in [-0.4, -0.2) is 40.3 Å². The quantitative estimate of drug-likeness (QED) is 0.891. The Labute approximate surface area is 144 Å². The summed E-state index contributed by atoms with van der Waals surface area (Å²) in [6, 6.07) is 6.43. The molecule has 0 aliphatic carbocycles. The van der Waals surface area contributed by atoms with Crippen LogP contribution < -0.4 is 5.32 Å². The maximum absolute atomic E-state index is 12.7. The fourth-order valence-corrected chi connectivity index (χ4v) is 3.91. The number of halogens is 3. The van der Waals surface area contributed by atoms with E-state index in [0.29, 0.717) is 12.1 Å². The van der Waals surface area contributed by atoms with E-state index in [-0.39, 0.29) is 0 Å². The SMILES string of the molecule is FC(F)(F)c1ccc(-c2[nH]ncc2CN2CCC3CCC(C2)N3)cc1. The molecule has 2 atom stereocenters. The number of hydrogen-bond acceptors (Lipinski definition) is 3. The summed E-state index contributed by atoms with van der Waals surface area (Å²) < 4.78 is 38.2. The molecule has 0 amide bonds. The van der Waals surface area contributed by atoms with Crippen LogP contribution in [0.1, 0.15) is 30.4 Å². The number of hydrogen-bond donors (Lipinski definition) is 2. The minimum Gasteiger partial charge on any atom is -0.310 e. The highest BCUT2D eigenvalue weighted by Crippen LogP contribution is 2.31. The third-order valence-corrected chi connectivity index (χ3v) is 5.22. The standard InChI is InChI=1S/C18H21F3N4/c19-18(20,21)14-3-1-12(2-4-14)17-13(9-22-24-17)10-25-8-7-15-5-6-16(11-25)23-15/h1-4,9,15-16,23H,5-8,10-11H2,(H,22,24). The van der Waals surface area contributed by atoms with Crippen LogP contribution in [-0.2, 0) is 12.7 Å². The number of nitrogens with one attached hydrogen (secondary N) is 2. The predicted molar refractivity (Wildman–Crippen MR) is 88.9 cm³/mol. The number of benzene rings is 1. The summed E-state index contributed by atoms with van der Waals surface area (Å²) >= 11 is 0. The van der Waals surface area contributed by atoms with Gasteiger partial charge in [0.05, 0.1) is 17.5 Å². The number of rotatable bonds is 3. The highest BCUT2D eigenvalue weighted by molar-refractivity contribution is 5.63. The molecule has 0 saturated carbocycles. The number of aromatic amines is 1. The first kappa shape index (κ1) is 16.6. The molecule has 2 bridgehead atoms. The summed E-state index contributed by atoms with van der Waals surface area (Å²) in [7, 11) is 0. The monoisotopic (exact) mass is 350 g/mol. The zero-order valence-electron chi connectivity index (χ0n) is 13.8. The van der Waals surface area contributed by atoms with E-state index >= 15 is 0 Å². The summed E-state index contributed by atoms with van der Waals surface area (Å²) in [6.45, 7) is 2.80. The summed E-state index contributed by atoms with van der Waals surface area (Å²) in [5, 5.41) is 10.7. The van der Waals surface area contributed by atoms with E-state index in [4.69, 9.17) is 0 Å². The van der Waals surface area contributed by atoms with Crippen LogP contribution in [0.4, 0.5) is 13.2 Å². The molecule has 0 spiro atoms. The van der Waals surface area contributed by atoms with Crippen molar-refractivity contribution in [2.45, 2.75) is 44.1 Å². The smallest absolute Gasteiger partial charge is 0.310 e. The molecule has 2 saturated heterocycles. The number of nitrogens with zero attached hydrogens (tertiary/aromatic N) is 2. The van der Waals surface area contributed by atoms with Crippen molar-refractivity contribution in [3.63, 3.8) is 0 Å². The zero-order valence-corrected chi connectivity index (χ0v) is 13.8. The first-order valence-corrected chi connectivity index (χ1v) is 8.67. The Bertz CT molecular complexity index is 723. The third-order valence-electron chi connectivity index (χ3n) is 5.22. The largest absolute Gasteiger partial charge is 0.416 e. The number of alkyl halides is 3. The lowest BCUT2D eigenvalue weighted by atomic mass is 10.0. The second kappa shape index (κ2) is 6.46. The molecule has 4 nitrogen and oxygen atoms in total. The number of likely N-dealkylation sites (tertiary alicyclic amines) is 1. The maximum atomic E-state index is 12.7. The minimum absolute atomic E-state index is 0.550. The van der Waals surface area contributed by atoms with Crippen LogP contribution in [0.3, 0.4) is 0 Å². The summed E-state index contributed by atoms with van der Waals surface area (Å²) in [4.78, 5) is 2.41. The Balaban J connectivity index is 1.50. The lowest BCUT2D eigenvalue weighted by Crippen LogP contribution is -2.34. The maximum Gasteiger partial charge on any atom is 0.416 e. The third kappa shape index (κ3) is 3.57. The summed E-state index contributed by atoms with van der Waals surface area (Å²) in [5.41, 5.74) is 1.93. The molecule has 2 aliphatic heterocycles. The Kier molecular flexibility index (Phi) is 4.29. The molecule has 4 rings (SSSR count). The van der Waals surface area contributed by atoms with Crippen molar-refractivity contribution >= 4 is 0 Å². The fraction of sp³-hybridized carbons (Fsp3) is 0.500. The zero-order chi connectivity index (χ0) is 17.4. The van der Waals surface area contributed by atoms with Gasteiger partial charge in [-0.3, -0.25) is 10.00 Å². The first-order chi connectivity index (χ1) is 12.0. The van der Waals surface area contributed by atoms with E-state index in [9.17, 15) is 13.2 Å². The van der Waals surface area contributed by atoms with Crippen LogP contribution in [0.25, 0.3) is 11.3 Å². The molecule has 2 unspecified atom stereocenters. The molecule has 1 aromatic heterocycles. The molecule has 2 N–H and O–H groups in total. The molecule has 3 heterocycles. The topological polar surface area (TPSA) is 44.0 Å². The molecule has 7 heteroatoms. The minimum atomic E-state index is -4.31. The van der Waals surface area contributed by atoms with Crippen LogP contribution in [0.2, 0.25) is 0 Å². The second-order valence-electron chi connectivity index (χ2n) is 7.01. The van der Waals surface area contributed by atoms with Crippen LogP contribution in [0.5, 0.6) is 0 Å². The second-order valence-corrected chi connectivity index (χ2v) is 7.01. The van der Waals surface area contributed by atoms with Crippen molar-refractivity contribution in [2.75, 3.05) is 13.1 Å². The van der Waals surface area contributed by atoms with Crippen LogP contribution in [0.15, 0.2) is 30.5 Å². The van der Waals surface area contributed by atoms with E-state index in [2.05, 4.69) is 20.4 Å². The van der Waals surface area contributed by atoms with E-state index in [0.717, 1.165) is 55.0 Å². The molecule has 0 radical (unpaired) electrons. The Hall–Kier alpha value is -1.86. The molecular formula is C18H21F3N4. The Morgan fingerprint density at radius 2 is 1.84 bits per heavy atom. The summed E-state index contributed by atoms with van der Waals surface area (Å²) in [5.74, 6) is 0. The van der Waals surface area contributed by atoms with Gasteiger partial charge in [-0.1, -0.05) is 12.1 Å². The predicted octanol–water partition coefficient (Wildman–Crippen LogP) is 3.42. The van der Waals surface area contributed by atoms with Crippen LogP contribution >= 0.6 is 0 Å². The van der Waals surface area contributed by atoms with Gasteiger partial charge in [-0.2, -0.15) is 18.3 Å². The molecular weight excluding hydrogens is 329 g/mol. The lowest BCUT2D eigenvalue weighted by Gasteiger charge is -2.23. The van der Waals surface area contributed by atoms with Gasteiger partial charge in [0, 0.05) is 37.3 Å². The van der Waals surface area contributed by atoms with Crippen molar-refractivity contribution in [3.05, 3.63) is 41.6 Å². The van der Waals surface area contributed by atoms with Crippen molar-refractivity contribution in [2.24, 2.45) is 0 Å². The van der Waals surface area contributed by atoms with Crippen LogP contribution in [0, 0.1) is 0 Å². The number of H-pyrrole nitrogens is 1. The van der Waals surface area contributed by atoms with Gasteiger partial charge in [0.15, 0.2) is 0 Å². The van der Waals surface area contributed by atoms with Crippen molar-refractivity contribution in [1.29, 1.82) is 0 Å². The first-order valence-electron chi connectivity index (χ1n) is 8.67. The highest BCUT2D eigenvalue weighted by atomic mass is 19.4. The molecule has 134 valence electrons. The molecule has 2 aliphatic rings. The van der Waals surface area contributed by atoms with Crippen molar-refractivity contribution < 1.29 is 13.2 Å². The average Bonchev–Trinajstić information content (AvgIpc) is 3.15. The van der Waals surface area contributed by atoms with Gasteiger partial charge in [-0.25, -0.2) is 0 Å². The summed E-state index contributed by atoms with van der Waals surface area (Å²) in [6.07, 6.45) is 1.10. The van der Waals surface area contributed by atoms with Gasteiger partial charge in [0.25, 0.3) is 0 Å². The van der Waals surface area contributed by atoms with Gasteiger partial charge in [0.1, 0.15) is 0 Å². The van der Waals surface area contributed by atoms with E-state index < -0.39 is 11.7 Å². The number of aromatic nitrogens is 2. The van der Waals surface area contributed by atoms with Crippen molar-refractivity contribution in [1.82, 2.24) is 20.4 Å². The normalized spacial score (nSPS) is 24.4. The molecule has 1 aromatic carbocycles. The van der Waals surface area contributed by atoms with E-state index in [1.54, 1.807) is 6.20 Å². The Morgan fingerprint density at radius 3 is 2.60 bits per heavy atom. The molecule has 25 heavy (non-hydrogen) atoms. The van der Waals surface area contributed by atoms with Gasteiger partial charge in [0.2, 0.25) is 0 Å². The van der Waals surface area contributed by atoms with Gasteiger partial charge >= 0.3 is 6.18 Å². The van der Waals surface area contributed by atoms with Crippen molar-refractivity contribution in [3.8, 4) is 11.3 Å². The van der Waals surface area contributed by atoms with E-state index in [1.165, 1.54) is 25.0 Å². The van der Waals surface area contributed by atoms with E-state index in [1.807, 2.05) is 0 Å². The molecule has 2 aromatic rings. The van der Waals surface area contributed by atoms with Gasteiger partial charge < -0.3 is 5.32 Å². The number of fused-ring (bicyclic) bond motifs is 2. The van der Waals surface area contributed by atoms with Gasteiger partial charge in [-0.15, -0.1) is 0 Å². The average molecular weight is 350 g/mol.